The number of esters is 1. The number of anilines is 2. The lowest BCUT2D eigenvalue weighted by atomic mass is 9.43. The van der Waals surface area contributed by atoms with Crippen LogP contribution in [0.3, 0.4) is 0 Å². The van der Waals surface area contributed by atoms with Gasteiger partial charge in [0.15, 0.2) is 0 Å². The van der Waals surface area contributed by atoms with Gasteiger partial charge in [-0.1, -0.05) is 19.9 Å². The Morgan fingerprint density at radius 3 is 2.62 bits per heavy atom. The molecule has 2 saturated heterocycles. The number of aromatic nitrogens is 3. The molecule has 9 atom stereocenters. The van der Waals surface area contributed by atoms with Gasteiger partial charge in [0, 0.05) is 54.9 Å². The van der Waals surface area contributed by atoms with Crippen LogP contribution in [0.25, 0.3) is 6.08 Å². The van der Waals surface area contributed by atoms with Crippen LogP contribution in [0.4, 0.5) is 11.8 Å². The molecule has 4 fully saturated rings. The van der Waals surface area contributed by atoms with Crippen molar-refractivity contribution in [2.45, 2.75) is 76.3 Å². The number of guanidine groups is 1. The number of epoxide rings is 1. The second-order valence-electron chi connectivity index (χ2n) is 16.3. The van der Waals surface area contributed by atoms with Crippen LogP contribution >= 0.6 is 0 Å². The second-order valence-corrected chi connectivity index (χ2v) is 16.3. The van der Waals surface area contributed by atoms with Crippen LogP contribution < -0.4 is 20.9 Å². The molecule has 8 rings (SSSR count). The highest BCUT2D eigenvalue weighted by atomic mass is 16.6. The van der Waals surface area contributed by atoms with Gasteiger partial charge < -0.3 is 40.0 Å². The fourth-order valence-electron chi connectivity index (χ4n) is 9.82. The summed E-state index contributed by atoms with van der Waals surface area (Å²) in [7, 11) is 0. The van der Waals surface area contributed by atoms with Gasteiger partial charge >= 0.3 is 5.97 Å². The zero-order valence-electron chi connectivity index (χ0n) is 32.1. The summed E-state index contributed by atoms with van der Waals surface area (Å²) in [6.07, 6.45) is 11.8. The molecular formula is C40H51N9O7. The molecule has 4 aliphatic heterocycles. The number of amides is 1. The number of allylic oxidation sites excluding steroid dienone is 1. The van der Waals surface area contributed by atoms with Crippen molar-refractivity contribution in [2.24, 2.45) is 32.7 Å². The van der Waals surface area contributed by atoms with Gasteiger partial charge in [-0.2, -0.15) is 0 Å². The van der Waals surface area contributed by atoms with E-state index in [9.17, 15) is 19.8 Å². The minimum absolute atomic E-state index is 0.156. The number of cyclic esters (lactones) is 1. The lowest BCUT2D eigenvalue weighted by molar-refractivity contribution is -0.184. The first-order valence-electron chi connectivity index (χ1n) is 19.6. The summed E-state index contributed by atoms with van der Waals surface area (Å²) >= 11 is 0. The lowest BCUT2D eigenvalue weighted by Gasteiger charge is -2.63. The molecule has 6 heterocycles. The molecule has 2 aromatic rings. The Labute approximate surface area is 325 Å². The Kier molecular flexibility index (Phi) is 10.5. The Hall–Kier alpha value is -4.61. The van der Waals surface area contributed by atoms with Crippen LogP contribution in [-0.2, 0) is 23.8 Å². The average Bonchev–Trinajstić information content (AvgIpc) is 3.66. The first-order chi connectivity index (χ1) is 27.0. The molecule has 0 bridgehead atoms. The summed E-state index contributed by atoms with van der Waals surface area (Å²) in [5.41, 5.74) is -0.800. The van der Waals surface area contributed by atoms with Crippen molar-refractivity contribution in [1.29, 1.82) is 0 Å². The summed E-state index contributed by atoms with van der Waals surface area (Å²) in [6.45, 7) is 9.37. The Balaban J connectivity index is 1.12. The number of nitrogens with zero attached hydrogens (tertiary/aromatic N) is 6. The molecule has 1 spiro atoms. The molecule has 6 unspecified atom stereocenters. The highest BCUT2D eigenvalue weighted by molar-refractivity contribution is 6.04. The molecule has 2 saturated carbocycles. The second kappa shape index (κ2) is 15.4. The SMILES string of the molecule is CC(NC1CC2[C@](C)(CC[C@@H](O)[C@@]2(C)CO)C(CC(Nc2ccccn2)C2=C/C(=C\c3cnc(N4CCOCC4)nc3)OC2=O)C12CO2)C(=O)NC1=NCC=N1. The number of fused-ring (bicyclic) bond motifs is 1. The molecule has 5 N–H and O–H groups in total. The van der Waals surface area contributed by atoms with Gasteiger partial charge in [0.25, 0.3) is 0 Å². The third kappa shape index (κ3) is 7.24. The molecule has 6 aliphatic rings. The smallest absolute Gasteiger partial charge is 0.341 e. The number of rotatable bonds is 11. The topological polar surface area (TPSA) is 208 Å². The van der Waals surface area contributed by atoms with E-state index in [1.54, 1.807) is 43.9 Å². The molecule has 0 radical (unpaired) electrons. The molecule has 1 amide bonds. The van der Waals surface area contributed by atoms with Gasteiger partial charge in [-0.3, -0.25) is 10.1 Å². The van der Waals surface area contributed by atoms with Crippen molar-refractivity contribution >= 4 is 41.9 Å². The Bertz CT molecular complexity index is 1910. The quantitative estimate of drug-likeness (QED) is 0.164. The van der Waals surface area contributed by atoms with Crippen molar-refractivity contribution in [3.8, 4) is 0 Å². The maximum atomic E-state index is 13.9. The van der Waals surface area contributed by atoms with Crippen LogP contribution in [0.2, 0.25) is 0 Å². The number of carbonyl (C=O) groups excluding carboxylic acids is 2. The van der Waals surface area contributed by atoms with Gasteiger partial charge in [-0.15, -0.1) is 0 Å². The van der Waals surface area contributed by atoms with Crippen molar-refractivity contribution in [2.75, 3.05) is 56.3 Å². The Morgan fingerprint density at radius 2 is 1.95 bits per heavy atom. The van der Waals surface area contributed by atoms with E-state index in [2.05, 4.69) is 52.7 Å². The monoisotopic (exact) mass is 769 g/mol. The van der Waals surface area contributed by atoms with E-state index in [1.807, 2.05) is 25.1 Å². The van der Waals surface area contributed by atoms with Gasteiger partial charge in [-0.05, 0) is 74.1 Å². The number of pyridine rings is 1. The van der Waals surface area contributed by atoms with E-state index in [0.717, 1.165) is 13.1 Å². The summed E-state index contributed by atoms with van der Waals surface area (Å²) in [5.74, 6) is 0.776. The van der Waals surface area contributed by atoms with Crippen molar-refractivity contribution in [3.63, 3.8) is 0 Å². The molecule has 56 heavy (non-hydrogen) atoms. The van der Waals surface area contributed by atoms with E-state index in [1.165, 1.54) is 0 Å². The predicted molar refractivity (Wildman–Crippen MR) is 208 cm³/mol. The number of hydrogen-bond acceptors (Lipinski definition) is 15. The molecule has 16 nitrogen and oxygen atoms in total. The summed E-state index contributed by atoms with van der Waals surface area (Å²) < 4.78 is 17.8. The number of aliphatic hydroxyl groups is 2. The standard InChI is InChI=1S/C40H51N9O7/c1-24(34(52)48-36-42-10-11-43-36)46-31-19-29-38(2,8-7-32(51)39(29,3)22-50)30(40(31)23-55-40)18-28(47-33-6-4-5-9-41-33)27-17-26(56-35(27)53)16-25-20-44-37(45-21-25)49-12-14-54-15-13-49/h4-6,9-10,16-17,20-21,24,28-32,46,50-51H,7-8,11-15,18-19,22-23H2,1-3H3,(H,41,47)(H,43,48,52)/b26-16+/t24?,28?,29?,30?,31?,32-,38+,39+,40?/m1/s1. The average molecular weight is 770 g/mol. The summed E-state index contributed by atoms with van der Waals surface area (Å²) in [4.78, 5) is 51.3. The fourth-order valence-corrected chi connectivity index (χ4v) is 9.82. The summed E-state index contributed by atoms with van der Waals surface area (Å²) in [6, 6.07) is 4.07. The van der Waals surface area contributed by atoms with Gasteiger partial charge in [-0.25, -0.2) is 29.7 Å². The molecule has 2 aliphatic carbocycles. The minimum Gasteiger partial charge on any atom is -0.423 e. The highest BCUT2D eigenvalue weighted by Crippen LogP contribution is 2.66. The minimum atomic E-state index is -0.814. The van der Waals surface area contributed by atoms with Crippen LogP contribution in [0.1, 0.15) is 52.0 Å². The third-order valence-electron chi connectivity index (χ3n) is 13.0. The lowest BCUT2D eigenvalue weighted by Crippen LogP contribution is -2.68. The maximum absolute atomic E-state index is 13.9. The van der Waals surface area contributed by atoms with Gasteiger partial charge in [0.2, 0.25) is 17.8 Å². The first kappa shape index (κ1) is 38.3. The fraction of sp³-hybridized carbons (Fsp3) is 0.575. The maximum Gasteiger partial charge on any atom is 0.341 e. The van der Waals surface area contributed by atoms with E-state index in [4.69, 9.17) is 14.2 Å². The summed E-state index contributed by atoms with van der Waals surface area (Å²) in [5, 5.41) is 32.3. The van der Waals surface area contributed by atoms with Crippen LogP contribution in [0.5, 0.6) is 0 Å². The molecule has 16 heteroatoms. The largest absolute Gasteiger partial charge is 0.423 e. The van der Waals surface area contributed by atoms with E-state index in [-0.39, 0.29) is 36.4 Å². The normalized spacial score (nSPS) is 34.1. The van der Waals surface area contributed by atoms with Gasteiger partial charge in [0.05, 0.1) is 56.7 Å². The first-order valence-corrected chi connectivity index (χ1v) is 19.6. The number of nitrogens with one attached hydrogen (secondary N) is 3. The zero-order valence-corrected chi connectivity index (χ0v) is 32.1. The Morgan fingerprint density at radius 1 is 1.16 bits per heavy atom. The molecule has 0 aromatic carbocycles. The number of carbonyl (C=O) groups is 2. The van der Waals surface area contributed by atoms with Crippen molar-refractivity contribution in [3.05, 3.63) is 59.8 Å². The van der Waals surface area contributed by atoms with Crippen molar-refractivity contribution < 1.29 is 34.0 Å². The number of aliphatic imine (C=N–C) groups is 2. The van der Waals surface area contributed by atoms with Crippen LogP contribution in [0, 0.1) is 22.7 Å². The number of aliphatic hydroxyl groups excluding tert-OH is 2. The van der Waals surface area contributed by atoms with E-state index >= 15 is 0 Å². The van der Waals surface area contributed by atoms with Crippen LogP contribution in [0.15, 0.2) is 64.2 Å². The van der Waals surface area contributed by atoms with Gasteiger partial charge in [0.1, 0.15) is 17.2 Å². The number of ether oxygens (including phenoxy) is 3. The van der Waals surface area contributed by atoms with Crippen molar-refractivity contribution in [1.82, 2.24) is 25.6 Å². The number of morpholine rings is 1. The highest BCUT2D eigenvalue weighted by Gasteiger charge is 2.71. The number of hydrogen-bond donors (Lipinski definition) is 5. The molecule has 298 valence electrons. The van der Waals surface area contributed by atoms with Crippen LogP contribution in [-0.4, -0.2) is 125 Å². The zero-order chi connectivity index (χ0) is 39.1. The predicted octanol–water partition coefficient (Wildman–Crippen LogP) is 1.87. The third-order valence-corrected chi connectivity index (χ3v) is 13.0. The molecule has 2 aromatic heterocycles. The van der Waals surface area contributed by atoms with E-state index in [0.29, 0.717) is 80.7 Å². The molecular weight excluding hydrogens is 718 g/mol. The van der Waals surface area contributed by atoms with E-state index < -0.39 is 40.6 Å².